The van der Waals surface area contributed by atoms with Gasteiger partial charge in [0.1, 0.15) is 0 Å². The fourth-order valence-corrected chi connectivity index (χ4v) is 7.12. The number of hydrogen-bond donors (Lipinski definition) is 0. The van der Waals surface area contributed by atoms with Gasteiger partial charge < -0.3 is 9.47 Å². The maximum atomic E-state index is 3.36. The van der Waals surface area contributed by atoms with E-state index in [1.165, 1.54) is 55.2 Å². The van der Waals surface area contributed by atoms with E-state index in [0.717, 1.165) is 22.7 Å². The van der Waals surface area contributed by atoms with E-state index in [2.05, 4.69) is 222 Å². The molecule has 0 amide bonds. The number of nitrogens with zero attached hydrogens (tertiary/aromatic N) is 2. The van der Waals surface area contributed by atoms with Crippen molar-refractivity contribution in [3.8, 4) is 39.1 Å². The third-order valence-electron chi connectivity index (χ3n) is 9.61. The lowest BCUT2D eigenvalue weighted by Crippen LogP contribution is -2.09. The maximum Gasteiger partial charge on any atom is 0.0541 e. The third kappa shape index (κ3) is 6.79. The topological polar surface area (TPSA) is 8.17 Å². The first-order chi connectivity index (χ1) is 26.2. The summed E-state index contributed by atoms with van der Waals surface area (Å²) in [4.78, 5) is 2.32. The summed E-state index contributed by atoms with van der Waals surface area (Å²) < 4.78 is 2.38. The van der Waals surface area contributed by atoms with Gasteiger partial charge in [-0.2, -0.15) is 0 Å². The Balaban J connectivity index is 0.00000129. The lowest BCUT2D eigenvalue weighted by molar-refractivity contribution is 1.18. The van der Waals surface area contributed by atoms with E-state index >= 15 is 0 Å². The molecule has 0 aliphatic rings. The van der Waals surface area contributed by atoms with Crippen LogP contribution >= 0.6 is 0 Å². The maximum absolute atomic E-state index is 3.36. The number of aromatic nitrogens is 1. The van der Waals surface area contributed by atoms with Crippen LogP contribution in [0.15, 0.2) is 219 Å². The summed E-state index contributed by atoms with van der Waals surface area (Å²) in [5.74, 6) is 0. The average molecular weight is 681 g/mol. The summed E-state index contributed by atoms with van der Waals surface area (Å²) in [5.41, 5.74) is 14.2. The van der Waals surface area contributed by atoms with Gasteiger partial charge in [0, 0.05) is 33.5 Å². The van der Waals surface area contributed by atoms with Crippen molar-refractivity contribution in [1.82, 2.24) is 4.57 Å². The van der Waals surface area contributed by atoms with Crippen LogP contribution in [0.2, 0.25) is 0 Å². The van der Waals surface area contributed by atoms with Crippen LogP contribution in [0, 0.1) is 0 Å². The highest BCUT2D eigenvalue weighted by molar-refractivity contribution is 6.10. The molecule has 0 fully saturated rings. The SMILES string of the molecule is C=CC.c1ccc(-c2ccc(N(c3ccccc3)c3ccc(-c4ccc5c(c4)c4ccccc4n5-c4ccc(-c5ccccc5)cc4)cc3)cc2)cc1. The normalized spacial score (nSPS) is 10.8. The van der Waals surface area contributed by atoms with Crippen molar-refractivity contribution in [3.63, 3.8) is 0 Å². The second-order valence-electron chi connectivity index (χ2n) is 13.0. The Morgan fingerprint density at radius 3 is 1.30 bits per heavy atom. The summed E-state index contributed by atoms with van der Waals surface area (Å²) in [7, 11) is 0. The molecular formula is C51H40N2. The summed E-state index contributed by atoms with van der Waals surface area (Å²) >= 11 is 0. The fourth-order valence-electron chi connectivity index (χ4n) is 7.12. The lowest BCUT2D eigenvalue weighted by Gasteiger charge is -2.26. The molecule has 0 saturated heterocycles. The van der Waals surface area contributed by atoms with Crippen LogP contribution in [0.5, 0.6) is 0 Å². The van der Waals surface area contributed by atoms with E-state index in [1.807, 2.05) is 6.92 Å². The summed E-state index contributed by atoms with van der Waals surface area (Å²) in [6.45, 7) is 5.25. The highest BCUT2D eigenvalue weighted by atomic mass is 15.1. The van der Waals surface area contributed by atoms with Crippen LogP contribution in [0.25, 0.3) is 60.9 Å². The van der Waals surface area contributed by atoms with Crippen molar-refractivity contribution in [3.05, 3.63) is 219 Å². The van der Waals surface area contributed by atoms with Crippen LogP contribution in [-0.4, -0.2) is 4.57 Å². The number of benzene rings is 8. The molecule has 2 nitrogen and oxygen atoms in total. The van der Waals surface area contributed by atoms with Gasteiger partial charge >= 0.3 is 0 Å². The molecule has 0 N–H and O–H groups in total. The quantitative estimate of drug-likeness (QED) is 0.152. The van der Waals surface area contributed by atoms with Crippen LogP contribution in [-0.2, 0) is 0 Å². The smallest absolute Gasteiger partial charge is 0.0541 e. The van der Waals surface area contributed by atoms with Gasteiger partial charge in [0.25, 0.3) is 0 Å². The van der Waals surface area contributed by atoms with Gasteiger partial charge in [-0.25, -0.2) is 0 Å². The van der Waals surface area contributed by atoms with E-state index in [0.29, 0.717) is 0 Å². The first kappa shape index (κ1) is 33.3. The molecule has 254 valence electrons. The molecule has 0 saturated carbocycles. The van der Waals surface area contributed by atoms with Gasteiger partial charge in [-0.3, -0.25) is 0 Å². The Labute approximate surface area is 312 Å². The largest absolute Gasteiger partial charge is 0.311 e. The van der Waals surface area contributed by atoms with Crippen molar-refractivity contribution in [2.24, 2.45) is 0 Å². The molecule has 0 aliphatic heterocycles. The molecule has 9 aromatic rings. The third-order valence-corrected chi connectivity index (χ3v) is 9.61. The molecule has 0 bridgehead atoms. The molecule has 8 aromatic carbocycles. The Morgan fingerprint density at radius 1 is 0.377 bits per heavy atom. The molecular weight excluding hydrogens is 641 g/mol. The van der Waals surface area contributed by atoms with Crippen molar-refractivity contribution in [2.45, 2.75) is 6.92 Å². The molecule has 9 rings (SSSR count). The van der Waals surface area contributed by atoms with E-state index < -0.39 is 0 Å². The van der Waals surface area contributed by atoms with E-state index in [-0.39, 0.29) is 0 Å². The average Bonchev–Trinajstić information content (AvgIpc) is 3.57. The first-order valence-electron chi connectivity index (χ1n) is 18.1. The van der Waals surface area contributed by atoms with E-state index in [4.69, 9.17) is 0 Å². The van der Waals surface area contributed by atoms with Crippen molar-refractivity contribution < 1.29 is 0 Å². The van der Waals surface area contributed by atoms with Crippen LogP contribution in [0.3, 0.4) is 0 Å². The molecule has 0 unspecified atom stereocenters. The van der Waals surface area contributed by atoms with Crippen molar-refractivity contribution >= 4 is 38.9 Å². The molecule has 53 heavy (non-hydrogen) atoms. The second kappa shape index (κ2) is 15.1. The van der Waals surface area contributed by atoms with Gasteiger partial charge in [-0.05, 0) is 107 Å². The number of fused-ring (bicyclic) bond motifs is 3. The zero-order chi connectivity index (χ0) is 36.0. The lowest BCUT2D eigenvalue weighted by atomic mass is 10.0. The Kier molecular flexibility index (Phi) is 9.50. The minimum atomic E-state index is 1.11. The van der Waals surface area contributed by atoms with Gasteiger partial charge in [0.05, 0.1) is 11.0 Å². The van der Waals surface area contributed by atoms with E-state index in [9.17, 15) is 0 Å². The summed E-state index contributed by atoms with van der Waals surface area (Å²) in [5, 5.41) is 2.50. The fraction of sp³-hybridized carbons (Fsp3) is 0.0196. The van der Waals surface area contributed by atoms with Crippen LogP contribution < -0.4 is 4.90 Å². The number of para-hydroxylation sites is 2. The molecule has 0 aliphatic carbocycles. The monoisotopic (exact) mass is 680 g/mol. The van der Waals surface area contributed by atoms with Crippen LogP contribution in [0.1, 0.15) is 6.92 Å². The van der Waals surface area contributed by atoms with Crippen molar-refractivity contribution in [2.75, 3.05) is 4.90 Å². The van der Waals surface area contributed by atoms with Gasteiger partial charge in [-0.1, -0.05) is 146 Å². The molecule has 2 heteroatoms. The Morgan fingerprint density at radius 2 is 0.755 bits per heavy atom. The van der Waals surface area contributed by atoms with Crippen molar-refractivity contribution in [1.29, 1.82) is 0 Å². The summed E-state index contributed by atoms with van der Waals surface area (Å²) in [6, 6.07) is 73.9. The minimum Gasteiger partial charge on any atom is -0.311 e. The standard InChI is InChI=1S/C48H34N2.C3H6/c1-4-12-35(13-5-1)37-20-27-42(28-21-37)49(41-16-8-3-9-17-41)43-29-24-39(25-30-43)40-26-33-48-46(34-40)45-18-10-11-19-47(45)50(48)44-31-22-38(23-32-44)36-14-6-2-7-15-36;1-3-2/h1-34H;3H,1H2,2H3. The Bertz CT molecular complexity index is 2580. The number of rotatable bonds is 7. The van der Waals surface area contributed by atoms with Gasteiger partial charge in [0.2, 0.25) is 0 Å². The predicted octanol–water partition coefficient (Wildman–Crippen LogP) is 14.4. The molecule has 0 atom stereocenters. The number of allylic oxidation sites excluding steroid dienone is 1. The van der Waals surface area contributed by atoms with Crippen LogP contribution in [0.4, 0.5) is 17.1 Å². The molecule has 0 radical (unpaired) electrons. The zero-order valence-corrected chi connectivity index (χ0v) is 29.8. The molecule has 1 heterocycles. The highest BCUT2D eigenvalue weighted by Gasteiger charge is 2.15. The van der Waals surface area contributed by atoms with Gasteiger partial charge in [-0.15, -0.1) is 6.58 Å². The summed E-state index contributed by atoms with van der Waals surface area (Å²) in [6.07, 6.45) is 1.75. The zero-order valence-electron chi connectivity index (χ0n) is 29.8. The first-order valence-corrected chi connectivity index (χ1v) is 18.1. The highest BCUT2D eigenvalue weighted by Crippen LogP contribution is 2.38. The predicted molar refractivity (Wildman–Crippen MR) is 228 cm³/mol. The Hall–Kier alpha value is -6.90. The van der Waals surface area contributed by atoms with Gasteiger partial charge in [0.15, 0.2) is 0 Å². The molecule has 1 aromatic heterocycles. The van der Waals surface area contributed by atoms with E-state index in [1.54, 1.807) is 6.08 Å². The molecule has 0 spiro atoms. The minimum absolute atomic E-state index is 1.11. The number of hydrogen-bond acceptors (Lipinski definition) is 1. The number of anilines is 3. The second-order valence-corrected chi connectivity index (χ2v) is 13.0.